The second-order valence-electron chi connectivity index (χ2n) is 3.49. The Kier molecular flexibility index (Phi) is 2.44. The monoisotopic (exact) mass is 173 g/mol. The molecule has 1 aromatic carbocycles. The van der Waals surface area contributed by atoms with Crippen molar-refractivity contribution >= 4 is 5.71 Å². The van der Waals surface area contributed by atoms with E-state index >= 15 is 0 Å². The highest BCUT2D eigenvalue weighted by molar-refractivity contribution is 6.02. The molecular weight excluding hydrogens is 158 g/mol. The third-order valence-electron chi connectivity index (χ3n) is 2.50. The van der Waals surface area contributed by atoms with Crippen LogP contribution in [0.3, 0.4) is 0 Å². The summed E-state index contributed by atoms with van der Waals surface area (Å²) in [5, 5.41) is 0. The van der Waals surface area contributed by atoms with Gasteiger partial charge in [0.2, 0.25) is 0 Å². The second kappa shape index (κ2) is 3.73. The topological polar surface area (TPSA) is 12.4 Å². The minimum absolute atomic E-state index is 0.979. The molecule has 1 aliphatic heterocycles. The van der Waals surface area contributed by atoms with E-state index in [0.717, 1.165) is 19.4 Å². The van der Waals surface area contributed by atoms with Gasteiger partial charge < -0.3 is 0 Å². The van der Waals surface area contributed by atoms with Crippen molar-refractivity contribution in [2.24, 2.45) is 4.99 Å². The number of hydrogen-bond donors (Lipinski definition) is 0. The van der Waals surface area contributed by atoms with Gasteiger partial charge in [-0.15, -0.1) is 0 Å². The zero-order chi connectivity index (χ0) is 9.10. The molecule has 0 fully saturated rings. The first kappa shape index (κ1) is 8.49. The fourth-order valence-electron chi connectivity index (χ4n) is 1.87. The molecule has 1 aromatic rings. The maximum atomic E-state index is 4.58. The van der Waals surface area contributed by atoms with Gasteiger partial charge in [-0.3, -0.25) is 4.99 Å². The van der Waals surface area contributed by atoms with Crippen LogP contribution in [-0.2, 0) is 6.42 Å². The van der Waals surface area contributed by atoms with Crippen LogP contribution in [0.2, 0.25) is 0 Å². The maximum absolute atomic E-state index is 4.58. The minimum Gasteiger partial charge on any atom is -0.289 e. The average molecular weight is 173 g/mol. The number of benzene rings is 1. The largest absolute Gasteiger partial charge is 0.289 e. The summed E-state index contributed by atoms with van der Waals surface area (Å²) in [4.78, 5) is 4.58. The highest BCUT2D eigenvalue weighted by atomic mass is 14.7. The standard InChI is InChI=1S/C12H15N/c1-2-5-12-11-7-4-3-6-10(11)8-9-13-12/h3-4,6-7H,2,5,8-9H2,1H3. The lowest BCUT2D eigenvalue weighted by Crippen LogP contribution is -2.12. The molecule has 0 aliphatic carbocycles. The van der Waals surface area contributed by atoms with Gasteiger partial charge in [-0.2, -0.15) is 0 Å². The maximum Gasteiger partial charge on any atom is 0.0433 e. The van der Waals surface area contributed by atoms with Crippen LogP contribution in [0, 0.1) is 0 Å². The van der Waals surface area contributed by atoms with E-state index in [-0.39, 0.29) is 0 Å². The van der Waals surface area contributed by atoms with Crippen LogP contribution in [0.15, 0.2) is 29.3 Å². The van der Waals surface area contributed by atoms with Crippen LogP contribution < -0.4 is 0 Å². The molecule has 0 saturated carbocycles. The van der Waals surface area contributed by atoms with Gasteiger partial charge in [0.1, 0.15) is 0 Å². The molecular formula is C12H15N. The van der Waals surface area contributed by atoms with Crippen LogP contribution in [0.5, 0.6) is 0 Å². The molecule has 1 aliphatic rings. The van der Waals surface area contributed by atoms with Gasteiger partial charge >= 0.3 is 0 Å². The Morgan fingerprint density at radius 2 is 2.15 bits per heavy atom. The summed E-state index contributed by atoms with van der Waals surface area (Å²) in [7, 11) is 0. The quantitative estimate of drug-likeness (QED) is 0.652. The molecule has 1 heterocycles. The summed E-state index contributed by atoms with van der Waals surface area (Å²) >= 11 is 0. The van der Waals surface area contributed by atoms with Gasteiger partial charge in [0, 0.05) is 12.3 Å². The van der Waals surface area contributed by atoms with E-state index in [1.807, 2.05) is 0 Å². The molecule has 0 radical (unpaired) electrons. The molecule has 2 rings (SSSR count). The first-order valence-electron chi connectivity index (χ1n) is 5.03. The van der Waals surface area contributed by atoms with Crippen molar-refractivity contribution in [1.29, 1.82) is 0 Å². The lowest BCUT2D eigenvalue weighted by Gasteiger charge is -2.15. The Bertz CT molecular complexity index is 326. The molecule has 0 atom stereocenters. The van der Waals surface area contributed by atoms with E-state index in [0.29, 0.717) is 0 Å². The van der Waals surface area contributed by atoms with Crippen LogP contribution in [-0.4, -0.2) is 12.3 Å². The van der Waals surface area contributed by atoms with Crippen molar-refractivity contribution in [2.45, 2.75) is 26.2 Å². The number of nitrogens with zero attached hydrogens (tertiary/aromatic N) is 1. The summed E-state index contributed by atoms with van der Waals surface area (Å²) in [6.07, 6.45) is 3.42. The Morgan fingerprint density at radius 1 is 1.31 bits per heavy atom. The first-order valence-corrected chi connectivity index (χ1v) is 5.03. The summed E-state index contributed by atoms with van der Waals surface area (Å²) in [6, 6.07) is 8.64. The summed E-state index contributed by atoms with van der Waals surface area (Å²) < 4.78 is 0. The SMILES string of the molecule is CCCC1=NCCc2ccccc21. The van der Waals surface area contributed by atoms with E-state index in [2.05, 4.69) is 36.2 Å². The van der Waals surface area contributed by atoms with E-state index in [1.54, 1.807) is 0 Å². The number of fused-ring (bicyclic) bond motifs is 1. The zero-order valence-electron chi connectivity index (χ0n) is 8.09. The normalized spacial score (nSPS) is 15.0. The predicted molar refractivity (Wildman–Crippen MR) is 56.5 cm³/mol. The fraction of sp³-hybridized carbons (Fsp3) is 0.417. The molecule has 0 spiro atoms. The Hall–Kier alpha value is -1.11. The fourth-order valence-corrected chi connectivity index (χ4v) is 1.87. The molecule has 0 aromatic heterocycles. The lowest BCUT2D eigenvalue weighted by molar-refractivity contribution is 0.905. The van der Waals surface area contributed by atoms with Crippen LogP contribution in [0.1, 0.15) is 30.9 Å². The number of rotatable bonds is 2. The van der Waals surface area contributed by atoms with Gasteiger partial charge in [-0.25, -0.2) is 0 Å². The van der Waals surface area contributed by atoms with Gasteiger partial charge in [0.05, 0.1) is 0 Å². The van der Waals surface area contributed by atoms with Crippen molar-refractivity contribution in [2.75, 3.05) is 6.54 Å². The summed E-state index contributed by atoms with van der Waals surface area (Å²) in [5.74, 6) is 0. The van der Waals surface area contributed by atoms with Crippen molar-refractivity contribution in [1.82, 2.24) is 0 Å². The van der Waals surface area contributed by atoms with E-state index < -0.39 is 0 Å². The molecule has 68 valence electrons. The second-order valence-corrected chi connectivity index (χ2v) is 3.49. The molecule has 1 nitrogen and oxygen atoms in total. The van der Waals surface area contributed by atoms with Crippen molar-refractivity contribution < 1.29 is 0 Å². The van der Waals surface area contributed by atoms with Gasteiger partial charge in [-0.1, -0.05) is 37.6 Å². The van der Waals surface area contributed by atoms with Crippen molar-refractivity contribution in [3.8, 4) is 0 Å². The van der Waals surface area contributed by atoms with Crippen LogP contribution in [0.25, 0.3) is 0 Å². The Morgan fingerprint density at radius 3 is 3.00 bits per heavy atom. The lowest BCUT2D eigenvalue weighted by atomic mass is 9.95. The Labute approximate surface area is 79.5 Å². The molecule has 0 saturated heterocycles. The molecule has 13 heavy (non-hydrogen) atoms. The molecule has 1 heteroatoms. The van der Waals surface area contributed by atoms with E-state index in [1.165, 1.54) is 23.3 Å². The summed E-state index contributed by atoms with van der Waals surface area (Å²) in [5.41, 5.74) is 4.17. The highest BCUT2D eigenvalue weighted by Crippen LogP contribution is 2.17. The zero-order valence-corrected chi connectivity index (χ0v) is 8.09. The minimum atomic E-state index is 0.979. The molecule has 0 unspecified atom stereocenters. The Balaban J connectivity index is 2.36. The smallest absolute Gasteiger partial charge is 0.0433 e. The summed E-state index contributed by atoms with van der Waals surface area (Å²) in [6.45, 7) is 3.19. The molecule has 0 amide bonds. The van der Waals surface area contributed by atoms with Gasteiger partial charge in [-0.05, 0) is 24.0 Å². The first-order chi connectivity index (χ1) is 6.42. The average Bonchev–Trinajstić information content (AvgIpc) is 2.19. The van der Waals surface area contributed by atoms with Crippen molar-refractivity contribution in [3.05, 3.63) is 35.4 Å². The number of aliphatic imine (C=N–C) groups is 1. The molecule has 0 N–H and O–H groups in total. The molecule has 0 bridgehead atoms. The third-order valence-corrected chi connectivity index (χ3v) is 2.50. The van der Waals surface area contributed by atoms with Crippen LogP contribution >= 0.6 is 0 Å². The highest BCUT2D eigenvalue weighted by Gasteiger charge is 2.11. The van der Waals surface area contributed by atoms with E-state index in [9.17, 15) is 0 Å². The van der Waals surface area contributed by atoms with Crippen molar-refractivity contribution in [3.63, 3.8) is 0 Å². The van der Waals surface area contributed by atoms with Gasteiger partial charge in [0.15, 0.2) is 0 Å². The van der Waals surface area contributed by atoms with Crippen LogP contribution in [0.4, 0.5) is 0 Å². The van der Waals surface area contributed by atoms with E-state index in [4.69, 9.17) is 0 Å². The number of hydrogen-bond acceptors (Lipinski definition) is 1. The predicted octanol–water partition coefficient (Wildman–Crippen LogP) is 2.83. The third kappa shape index (κ3) is 1.64. The van der Waals surface area contributed by atoms with Gasteiger partial charge in [0.25, 0.3) is 0 Å².